The van der Waals surface area contributed by atoms with Gasteiger partial charge in [0.2, 0.25) is 0 Å². The van der Waals surface area contributed by atoms with Crippen LogP contribution in [0.5, 0.6) is 0 Å². The lowest BCUT2D eigenvalue weighted by Crippen LogP contribution is -2.48. The first kappa shape index (κ1) is 19.7. The number of fused-ring (bicyclic) bond motifs is 2. The van der Waals surface area contributed by atoms with Crippen LogP contribution in [0.25, 0.3) is 5.78 Å². The van der Waals surface area contributed by atoms with Crippen molar-refractivity contribution in [3.8, 4) is 0 Å². The molecule has 0 spiro atoms. The number of pyridine rings is 1. The summed E-state index contributed by atoms with van der Waals surface area (Å²) < 4.78 is 1.78. The number of benzene rings is 1. The number of nitrogens with zero attached hydrogens (tertiary/aromatic N) is 8. The third-order valence-corrected chi connectivity index (χ3v) is 6.41. The Balaban J connectivity index is 1.24. The van der Waals surface area contributed by atoms with Crippen LogP contribution in [0, 0.1) is 6.92 Å². The monoisotopic (exact) mass is 440 g/mol. The molecule has 1 amide bonds. The van der Waals surface area contributed by atoms with Gasteiger partial charge < -0.3 is 14.7 Å². The van der Waals surface area contributed by atoms with E-state index in [1.807, 2.05) is 48.2 Å². The van der Waals surface area contributed by atoms with Gasteiger partial charge in [0.05, 0.1) is 5.56 Å². The smallest absolute Gasteiger partial charge is 0.262 e. The number of amides is 1. The predicted molar refractivity (Wildman–Crippen MR) is 126 cm³/mol. The third-order valence-electron chi connectivity index (χ3n) is 6.41. The molecule has 3 aromatic heterocycles. The molecular formula is C24H24N8O. The van der Waals surface area contributed by atoms with Crippen LogP contribution < -0.4 is 14.7 Å². The summed E-state index contributed by atoms with van der Waals surface area (Å²) in [7, 11) is 0. The van der Waals surface area contributed by atoms with Gasteiger partial charge >= 0.3 is 0 Å². The molecule has 1 fully saturated rings. The maximum Gasteiger partial charge on any atom is 0.262 e. The van der Waals surface area contributed by atoms with Gasteiger partial charge in [0.15, 0.2) is 0 Å². The molecule has 9 heteroatoms. The second kappa shape index (κ2) is 7.84. The molecule has 5 heterocycles. The van der Waals surface area contributed by atoms with Crippen molar-refractivity contribution in [2.45, 2.75) is 13.3 Å². The second-order valence-electron chi connectivity index (χ2n) is 8.41. The van der Waals surface area contributed by atoms with Gasteiger partial charge in [-0.25, -0.2) is 9.97 Å². The lowest BCUT2D eigenvalue weighted by Gasteiger charge is -2.37. The number of carbonyl (C=O) groups is 1. The average Bonchev–Trinajstić information content (AvgIpc) is 3.50. The van der Waals surface area contributed by atoms with E-state index in [-0.39, 0.29) is 5.91 Å². The summed E-state index contributed by atoms with van der Waals surface area (Å²) in [6.07, 6.45) is 4.18. The van der Waals surface area contributed by atoms with Crippen molar-refractivity contribution in [1.29, 1.82) is 0 Å². The molecule has 1 saturated heterocycles. The van der Waals surface area contributed by atoms with Crippen LogP contribution in [0.2, 0.25) is 0 Å². The van der Waals surface area contributed by atoms with Crippen molar-refractivity contribution < 1.29 is 4.79 Å². The molecule has 0 aliphatic carbocycles. The molecule has 6 rings (SSSR count). The number of hydrogen-bond donors (Lipinski definition) is 0. The van der Waals surface area contributed by atoms with Crippen molar-refractivity contribution in [2.24, 2.45) is 0 Å². The number of rotatable bonds is 3. The van der Waals surface area contributed by atoms with Crippen molar-refractivity contribution in [2.75, 3.05) is 47.4 Å². The van der Waals surface area contributed by atoms with Crippen LogP contribution in [-0.4, -0.2) is 63.2 Å². The first-order chi connectivity index (χ1) is 16.2. The molecule has 9 nitrogen and oxygen atoms in total. The topological polar surface area (TPSA) is 82.8 Å². The van der Waals surface area contributed by atoms with E-state index < -0.39 is 0 Å². The van der Waals surface area contributed by atoms with E-state index in [1.165, 1.54) is 11.9 Å². The highest BCUT2D eigenvalue weighted by Crippen LogP contribution is 2.31. The number of anilines is 3. The largest absolute Gasteiger partial charge is 0.353 e. The molecular weight excluding hydrogens is 416 g/mol. The van der Waals surface area contributed by atoms with Gasteiger partial charge in [0, 0.05) is 56.4 Å². The average molecular weight is 441 g/mol. The Morgan fingerprint density at radius 2 is 1.76 bits per heavy atom. The van der Waals surface area contributed by atoms with Gasteiger partial charge in [-0.2, -0.15) is 14.6 Å². The van der Waals surface area contributed by atoms with Crippen LogP contribution >= 0.6 is 0 Å². The Morgan fingerprint density at radius 1 is 0.939 bits per heavy atom. The summed E-state index contributed by atoms with van der Waals surface area (Å²) in [5, 5.41) is 4.34. The van der Waals surface area contributed by atoms with Crippen molar-refractivity contribution in [1.82, 2.24) is 24.6 Å². The van der Waals surface area contributed by atoms with Crippen LogP contribution in [0.15, 0.2) is 55.0 Å². The fraction of sp³-hybridized carbons (Fsp3) is 0.292. The van der Waals surface area contributed by atoms with Gasteiger partial charge in [0.1, 0.15) is 18.0 Å². The SMILES string of the molecule is Cc1cc(N2CCN(c3ncccc3C(=O)N3CCc4ccccc43)CC2)n2ncnc2n1. The van der Waals surface area contributed by atoms with Crippen LogP contribution in [0.4, 0.5) is 17.3 Å². The van der Waals surface area contributed by atoms with Crippen molar-refractivity contribution in [3.05, 3.63) is 71.8 Å². The Hall–Kier alpha value is -4.01. The molecule has 166 valence electrons. The normalized spacial score (nSPS) is 15.8. The quantitative estimate of drug-likeness (QED) is 0.484. The van der Waals surface area contributed by atoms with Crippen LogP contribution in [0.1, 0.15) is 21.6 Å². The van der Waals surface area contributed by atoms with Gasteiger partial charge in [0.25, 0.3) is 11.7 Å². The van der Waals surface area contributed by atoms with Crippen molar-refractivity contribution in [3.63, 3.8) is 0 Å². The van der Waals surface area contributed by atoms with E-state index in [2.05, 4.69) is 35.9 Å². The van der Waals surface area contributed by atoms with E-state index in [9.17, 15) is 4.79 Å². The van der Waals surface area contributed by atoms with Gasteiger partial charge in [-0.15, -0.1) is 0 Å². The number of para-hydroxylation sites is 1. The molecule has 4 aromatic rings. The van der Waals surface area contributed by atoms with Crippen molar-refractivity contribution >= 4 is 29.0 Å². The minimum Gasteiger partial charge on any atom is -0.353 e. The highest BCUT2D eigenvalue weighted by atomic mass is 16.2. The first-order valence-electron chi connectivity index (χ1n) is 11.2. The maximum atomic E-state index is 13.5. The Morgan fingerprint density at radius 3 is 2.64 bits per heavy atom. The summed E-state index contributed by atoms with van der Waals surface area (Å²) in [4.78, 5) is 33.2. The molecule has 0 saturated carbocycles. The standard InChI is InChI=1S/C24H24N8O/c1-17-15-21(32-24(28-17)26-16-27-32)29-11-13-30(14-12-29)22-19(6-4-9-25-22)23(33)31-10-8-18-5-2-3-7-20(18)31/h2-7,9,15-16H,8,10-14H2,1H3. The number of carbonyl (C=O) groups excluding carboxylic acids is 1. The predicted octanol–water partition coefficient (Wildman–Crippen LogP) is 2.36. The number of aryl methyl sites for hydroxylation is 1. The van der Waals surface area contributed by atoms with Crippen LogP contribution in [0.3, 0.4) is 0 Å². The van der Waals surface area contributed by atoms with E-state index in [1.54, 1.807) is 10.7 Å². The fourth-order valence-corrected chi connectivity index (χ4v) is 4.79. The maximum absolute atomic E-state index is 13.5. The second-order valence-corrected chi connectivity index (χ2v) is 8.41. The van der Waals surface area contributed by atoms with E-state index >= 15 is 0 Å². The summed E-state index contributed by atoms with van der Waals surface area (Å²) in [6.45, 7) is 5.76. The Kier molecular flexibility index (Phi) is 4.67. The molecule has 1 aromatic carbocycles. The lowest BCUT2D eigenvalue weighted by atomic mass is 10.1. The minimum absolute atomic E-state index is 0.0135. The molecule has 0 atom stereocenters. The summed E-state index contributed by atoms with van der Waals surface area (Å²) in [6, 6.07) is 13.9. The summed E-state index contributed by atoms with van der Waals surface area (Å²) in [5.41, 5.74) is 3.79. The summed E-state index contributed by atoms with van der Waals surface area (Å²) in [5.74, 6) is 2.36. The zero-order chi connectivity index (χ0) is 22.4. The number of hydrogen-bond acceptors (Lipinski definition) is 7. The van der Waals surface area contributed by atoms with Gasteiger partial charge in [-0.05, 0) is 37.1 Å². The lowest BCUT2D eigenvalue weighted by molar-refractivity contribution is 0.0989. The molecule has 0 bridgehead atoms. The molecule has 2 aliphatic rings. The minimum atomic E-state index is 0.0135. The Labute approximate surface area is 191 Å². The molecule has 33 heavy (non-hydrogen) atoms. The van der Waals surface area contributed by atoms with E-state index in [4.69, 9.17) is 0 Å². The first-order valence-corrected chi connectivity index (χ1v) is 11.2. The van der Waals surface area contributed by atoms with Gasteiger partial charge in [-0.3, -0.25) is 4.79 Å². The van der Waals surface area contributed by atoms with E-state index in [0.717, 1.165) is 55.6 Å². The third kappa shape index (κ3) is 3.36. The number of aromatic nitrogens is 5. The highest BCUT2D eigenvalue weighted by molar-refractivity contribution is 6.10. The highest BCUT2D eigenvalue weighted by Gasteiger charge is 2.29. The zero-order valence-corrected chi connectivity index (χ0v) is 18.4. The summed E-state index contributed by atoms with van der Waals surface area (Å²) >= 11 is 0. The van der Waals surface area contributed by atoms with Crippen LogP contribution in [-0.2, 0) is 6.42 Å². The van der Waals surface area contributed by atoms with E-state index in [0.29, 0.717) is 17.9 Å². The molecule has 0 N–H and O–H groups in total. The molecule has 0 radical (unpaired) electrons. The molecule has 2 aliphatic heterocycles. The Bertz CT molecular complexity index is 1340. The fourth-order valence-electron chi connectivity index (χ4n) is 4.79. The van der Waals surface area contributed by atoms with Gasteiger partial charge in [-0.1, -0.05) is 18.2 Å². The zero-order valence-electron chi connectivity index (χ0n) is 18.4. The molecule has 0 unspecified atom stereocenters. The number of piperazine rings is 1.